The van der Waals surface area contributed by atoms with Gasteiger partial charge in [-0.05, 0) is 40.8 Å². The number of hydrogen-bond donors (Lipinski definition) is 2. The summed E-state index contributed by atoms with van der Waals surface area (Å²) in [6.07, 6.45) is 1.15. The summed E-state index contributed by atoms with van der Waals surface area (Å²) >= 11 is 0. The molecule has 0 unspecified atom stereocenters. The molecule has 2 N–H and O–H groups in total. The van der Waals surface area contributed by atoms with Crippen LogP contribution in [0.2, 0.25) is 0 Å². The zero-order chi connectivity index (χ0) is 20.2. The molecule has 0 aliphatic heterocycles. The van der Waals surface area contributed by atoms with Gasteiger partial charge in [0.05, 0.1) is 5.75 Å². The smallest absolute Gasteiger partial charge is 0.267 e. The predicted molar refractivity (Wildman–Crippen MR) is 105 cm³/mol. The summed E-state index contributed by atoms with van der Waals surface area (Å²) in [5, 5.41) is 0. The Morgan fingerprint density at radius 1 is 0.815 bits per heavy atom. The molecule has 0 aromatic heterocycles. The van der Waals surface area contributed by atoms with Gasteiger partial charge in [-0.15, -0.1) is 0 Å². The van der Waals surface area contributed by atoms with Crippen molar-refractivity contribution in [2.45, 2.75) is 31.9 Å². The van der Waals surface area contributed by atoms with Gasteiger partial charge in [-0.25, -0.2) is 8.42 Å². The molecule has 6 nitrogen and oxygen atoms in total. The zero-order valence-corrected chi connectivity index (χ0v) is 16.7. The predicted octanol–water partition coefficient (Wildman–Crippen LogP) is 2.60. The molecule has 2 rings (SSSR count). The van der Waals surface area contributed by atoms with Gasteiger partial charge in [0, 0.05) is 17.4 Å². The summed E-state index contributed by atoms with van der Waals surface area (Å²) in [6, 6.07) is 13.4. The summed E-state index contributed by atoms with van der Waals surface area (Å²) in [6.45, 7) is 6.26. The van der Waals surface area contributed by atoms with Crippen molar-refractivity contribution in [3.8, 4) is 0 Å². The average molecular weight is 388 g/mol. The molecule has 144 valence electrons. The van der Waals surface area contributed by atoms with E-state index in [-0.39, 0.29) is 11.2 Å². The van der Waals surface area contributed by atoms with E-state index >= 15 is 0 Å². The van der Waals surface area contributed by atoms with Gasteiger partial charge in [0.25, 0.3) is 11.8 Å². The standard InChI is InChI=1S/C20H24N2O4S/c1-20(2,3)17-11-9-16(10-12-17)19(24)22-21-18(23)15-7-5-14(6-8-15)13-27(4,25)26/h5-12H,13H2,1-4H3,(H,21,23)(H,22,24). The average Bonchev–Trinajstić information content (AvgIpc) is 2.58. The Hall–Kier alpha value is -2.67. The lowest BCUT2D eigenvalue weighted by Gasteiger charge is -2.19. The first-order valence-electron chi connectivity index (χ1n) is 8.43. The molecule has 27 heavy (non-hydrogen) atoms. The second-order valence-electron chi connectivity index (χ2n) is 7.50. The summed E-state index contributed by atoms with van der Waals surface area (Å²) < 4.78 is 22.6. The van der Waals surface area contributed by atoms with Crippen LogP contribution < -0.4 is 10.9 Å². The van der Waals surface area contributed by atoms with Gasteiger partial charge in [-0.1, -0.05) is 45.0 Å². The Labute approximate surface area is 159 Å². The molecule has 0 heterocycles. The van der Waals surface area contributed by atoms with Crippen molar-refractivity contribution in [1.82, 2.24) is 10.9 Å². The minimum atomic E-state index is -3.13. The van der Waals surface area contributed by atoms with Crippen molar-refractivity contribution in [3.63, 3.8) is 0 Å². The molecule has 0 spiro atoms. The molecular formula is C20H24N2O4S. The van der Waals surface area contributed by atoms with Crippen LogP contribution in [-0.4, -0.2) is 26.5 Å². The molecule has 0 aliphatic rings. The third-order valence-corrected chi connectivity index (χ3v) is 4.81. The topological polar surface area (TPSA) is 92.3 Å². The number of sulfone groups is 1. The van der Waals surface area contributed by atoms with Crippen molar-refractivity contribution in [1.29, 1.82) is 0 Å². The van der Waals surface area contributed by atoms with Gasteiger partial charge in [-0.2, -0.15) is 0 Å². The lowest BCUT2D eigenvalue weighted by atomic mass is 9.87. The molecule has 0 aliphatic carbocycles. The van der Waals surface area contributed by atoms with E-state index in [1.165, 1.54) is 12.1 Å². The quantitative estimate of drug-likeness (QED) is 0.788. The van der Waals surface area contributed by atoms with E-state index < -0.39 is 21.7 Å². The van der Waals surface area contributed by atoms with Gasteiger partial charge >= 0.3 is 0 Å². The Kier molecular flexibility index (Phi) is 6.05. The number of nitrogens with one attached hydrogen (secondary N) is 2. The molecular weight excluding hydrogens is 364 g/mol. The Morgan fingerprint density at radius 3 is 1.59 bits per heavy atom. The van der Waals surface area contributed by atoms with Crippen molar-refractivity contribution >= 4 is 21.7 Å². The second kappa shape index (κ2) is 7.92. The monoisotopic (exact) mass is 388 g/mol. The van der Waals surface area contributed by atoms with E-state index in [2.05, 4.69) is 31.6 Å². The normalized spacial score (nSPS) is 11.7. The third kappa shape index (κ3) is 6.21. The SMILES string of the molecule is CC(C)(C)c1ccc(C(=O)NNC(=O)c2ccc(CS(C)(=O)=O)cc2)cc1. The first kappa shape index (κ1) is 20.6. The molecule has 0 radical (unpaired) electrons. The van der Waals surface area contributed by atoms with Crippen LogP contribution in [0.15, 0.2) is 48.5 Å². The highest BCUT2D eigenvalue weighted by atomic mass is 32.2. The number of amides is 2. The maximum atomic E-state index is 12.2. The Balaban J connectivity index is 1.95. The van der Waals surface area contributed by atoms with Gasteiger partial charge in [0.1, 0.15) is 0 Å². The molecule has 0 bridgehead atoms. The highest BCUT2D eigenvalue weighted by Crippen LogP contribution is 2.22. The van der Waals surface area contributed by atoms with Crippen LogP contribution in [0, 0.1) is 0 Å². The van der Waals surface area contributed by atoms with Gasteiger partial charge in [-0.3, -0.25) is 20.4 Å². The minimum Gasteiger partial charge on any atom is -0.267 e. The van der Waals surface area contributed by atoms with Gasteiger partial charge < -0.3 is 0 Å². The number of hydrogen-bond acceptors (Lipinski definition) is 4. The van der Waals surface area contributed by atoms with Crippen LogP contribution in [0.3, 0.4) is 0 Å². The van der Waals surface area contributed by atoms with Crippen LogP contribution in [0.25, 0.3) is 0 Å². The first-order valence-corrected chi connectivity index (χ1v) is 10.5. The maximum Gasteiger partial charge on any atom is 0.269 e. The summed E-state index contributed by atoms with van der Waals surface area (Å²) in [4.78, 5) is 24.3. The van der Waals surface area contributed by atoms with Crippen molar-refractivity contribution in [2.75, 3.05) is 6.26 Å². The molecule has 2 amide bonds. The third-order valence-electron chi connectivity index (χ3n) is 3.95. The van der Waals surface area contributed by atoms with E-state index in [0.717, 1.165) is 11.8 Å². The number of carbonyl (C=O) groups is 2. The van der Waals surface area contributed by atoms with Crippen molar-refractivity contribution in [3.05, 3.63) is 70.8 Å². The molecule has 0 atom stereocenters. The van der Waals surface area contributed by atoms with Crippen LogP contribution in [0.4, 0.5) is 0 Å². The van der Waals surface area contributed by atoms with Crippen molar-refractivity contribution in [2.24, 2.45) is 0 Å². The van der Waals surface area contributed by atoms with E-state index in [1.54, 1.807) is 24.3 Å². The van der Waals surface area contributed by atoms with E-state index in [0.29, 0.717) is 16.7 Å². The lowest BCUT2D eigenvalue weighted by Crippen LogP contribution is -2.41. The first-order chi connectivity index (χ1) is 12.5. The Bertz CT molecular complexity index is 925. The molecule has 7 heteroatoms. The highest BCUT2D eigenvalue weighted by molar-refractivity contribution is 7.89. The summed E-state index contributed by atoms with van der Waals surface area (Å²) in [5.74, 6) is -0.992. The molecule has 0 saturated carbocycles. The fourth-order valence-electron chi connectivity index (χ4n) is 2.43. The van der Waals surface area contributed by atoms with Crippen molar-refractivity contribution < 1.29 is 18.0 Å². The fraction of sp³-hybridized carbons (Fsp3) is 0.300. The van der Waals surface area contributed by atoms with Crippen LogP contribution in [0.5, 0.6) is 0 Å². The highest BCUT2D eigenvalue weighted by Gasteiger charge is 2.15. The largest absolute Gasteiger partial charge is 0.269 e. The number of benzene rings is 2. The number of carbonyl (C=O) groups excluding carboxylic acids is 2. The number of hydrazine groups is 1. The summed E-state index contributed by atoms with van der Waals surface area (Å²) in [5.41, 5.74) is 7.17. The van der Waals surface area contributed by atoms with E-state index in [1.807, 2.05) is 12.1 Å². The minimum absolute atomic E-state index is 0.00745. The van der Waals surface area contributed by atoms with Crippen LogP contribution in [0.1, 0.15) is 52.6 Å². The van der Waals surface area contributed by atoms with Crippen LogP contribution in [-0.2, 0) is 21.0 Å². The Morgan fingerprint density at radius 2 is 1.22 bits per heavy atom. The van der Waals surface area contributed by atoms with E-state index in [9.17, 15) is 18.0 Å². The molecule has 0 saturated heterocycles. The maximum absolute atomic E-state index is 12.2. The molecule has 2 aromatic carbocycles. The fourth-order valence-corrected chi connectivity index (χ4v) is 3.23. The second-order valence-corrected chi connectivity index (χ2v) is 9.64. The van der Waals surface area contributed by atoms with Crippen LogP contribution >= 0.6 is 0 Å². The number of rotatable bonds is 4. The van der Waals surface area contributed by atoms with E-state index in [4.69, 9.17) is 0 Å². The molecule has 0 fully saturated rings. The zero-order valence-electron chi connectivity index (χ0n) is 15.9. The summed E-state index contributed by atoms with van der Waals surface area (Å²) in [7, 11) is -3.13. The van der Waals surface area contributed by atoms with Gasteiger partial charge in [0.15, 0.2) is 9.84 Å². The molecule has 2 aromatic rings. The lowest BCUT2D eigenvalue weighted by molar-refractivity contribution is 0.0846. The van der Waals surface area contributed by atoms with Gasteiger partial charge in [0.2, 0.25) is 0 Å².